The minimum Gasteiger partial charge on any atom is -0.486 e. The number of nitrogens with zero attached hydrogens (tertiary/aromatic N) is 1. The van der Waals surface area contributed by atoms with E-state index in [1.807, 2.05) is 6.20 Å². The summed E-state index contributed by atoms with van der Waals surface area (Å²) < 4.78 is 11.1. The van der Waals surface area contributed by atoms with E-state index in [2.05, 4.69) is 35.4 Å². The molecule has 7 nitrogen and oxygen atoms in total. The molecule has 0 aliphatic carbocycles. The van der Waals surface area contributed by atoms with Crippen molar-refractivity contribution in [3.05, 3.63) is 53.7 Å². The summed E-state index contributed by atoms with van der Waals surface area (Å²) in [7, 11) is 0. The Morgan fingerprint density at radius 3 is 2.87 bits per heavy atom. The zero-order valence-corrected chi connectivity index (χ0v) is 17.4. The first kappa shape index (κ1) is 19.5. The lowest BCUT2D eigenvalue weighted by Gasteiger charge is -2.19. The van der Waals surface area contributed by atoms with Crippen LogP contribution >= 0.6 is 0 Å². The van der Waals surface area contributed by atoms with Crippen LogP contribution in [0.15, 0.2) is 42.6 Å². The van der Waals surface area contributed by atoms with Gasteiger partial charge >= 0.3 is 0 Å². The van der Waals surface area contributed by atoms with Crippen LogP contribution in [0, 0.1) is 12.8 Å². The van der Waals surface area contributed by atoms with Crippen molar-refractivity contribution in [2.45, 2.75) is 19.8 Å². The van der Waals surface area contributed by atoms with Gasteiger partial charge in [0.15, 0.2) is 11.5 Å². The Kier molecular flexibility index (Phi) is 5.02. The van der Waals surface area contributed by atoms with Gasteiger partial charge in [0.2, 0.25) is 11.8 Å². The number of hydrogen-bond donors (Lipinski definition) is 2. The van der Waals surface area contributed by atoms with Crippen molar-refractivity contribution in [1.29, 1.82) is 0 Å². The van der Waals surface area contributed by atoms with E-state index >= 15 is 0 Å². The largest absolute Gasteiger partial charge is 0.486 e. The number of anilines is 1. The molecule has 7 heteroatoms. The maximum atomic E-state index is 12.8. The molecule has 1 aromatic heterocycles. The fourth-order valence-corrected chi connectivity index (χ4v) is 4.28. The van der Waals surface area contributed by atoms with E-state index in [-0.39, 0.29) is 24.2 Å². The Balaban J connectivity index is 1.20. The van der Waals surface area contributed by atoms with Crippen LogP contribution < -0.4 is 14.8 Å². The second-order valence-corrected chi connectivity index (χ2v) is 8.20. The fraction of sp³-hybridized carbons (Fsp3) is 0.333. The van der Waals surface area contributed by atoms with E-state index in [4.69, 9.17) is 9.47 Å². The number of aromatic amines is 1. The van der Waals surface area contributed by atoms with Gasteiger partial charge in [0.25, 0.3) is 0 Å². The zero-order valence-electron chi connectivity index (χ0n) is 17.4. The van der Waals surface area contributed by atoms with E-state index in [0.717, 1.165) is 11.9 Å². The summed E-state index contributed by atoms with van der Waals surface area (Å²) in [6, 6.07) is 11.7. The number of hydrogen-bond acceptors (Lipinski definition) is 4. The number of rotatable bonds is 5. The smallest absolute Gasteiger partial charge is 0.229 e. The van der Waals surface area contributed by atoms with Crippen molar-refractivity contribution >= 4 is 28.4 Å². The van der Waals surface area contributed by atoms with E-state index in [1.54, 1.807) is 23.1 Å². The molecule has 0 saturated carbocycles. The van der Waals surface area contributed by atoms with Gasteiger partial charge in [-0.15, -0.1) is 0 Å². The molecule has 5 rings (SSSR count). The van der Waals surface area contributed by atoms with Crippen LogP contribution in [0.1, 0.15) is 17.5 Å². The minimum absolute atomic E-state index is 0.0262. The minimum atomic E-state index is -0.356. The molecule has 0 spiro atoms. The van der Waals surface area contributed by atoms with Crippen molar-refractivity contribution in [2.24, 2.45) is 5.92 Å². The summed E-state index contributed by atoms with van der Waals surface area (Å²) in [6.45, 7) is 4.14. The highest BCUT2D eigenvalue weighted by Gasteiger charge is 2.34. The van der Waals surface area contributed by atoms with Crippen molar-refractivity contribution in [3.63, 3.8) is 0 Å². The number of benzene rings is 2. The molecule has 2 aromatic carbocycles. The number of likely N-dealkylation sites (tertiary alicyclic amines) is 1. The van der Waals surface area contributed by atoms with Gasteiger partial charge in [0.05, 0.1) is 5.92 Å². The molecular formula is C24H25N3O4. The molecule has 3 aromatic rings. The summed E-state index contributed by atoms with van der Waals surface area (Å²) in [5.74, 6) is 0.834. The summed E-state index contributed by atoms with van der Waals surface area (Å²) >= 11 is 0. The van der Waals surface area contributed by atoms with Crippen molar-refractivity contribution in [2.75, 3.05) is 31.6 Å². The third-order valence-electron chi connectivity index (χ3n) is 5.97. The van der Waals surface area contributed by atoms with Crippen LogP contribution in [-0.4, -0.2) is 48.0 Å². The molecule has 160 valence electrons. The van der Waals surface area contributed by atoms with Gasteiger partial charge in [-0.2, -0.15) is 0 Å². The maximum Gasteiger partial charge on any atom is 0.229 e. The Morgan fingerprint density at radius 2 is 2.00 bits per heavy atom. The predicted molar refractivity (Wildman–Crippen MR) is 117 cm³/mol. The summed E-state index contributed by atoms with van der Waals surface area (Å²) in [5.41, 5.74) is 4.15. The number of ether oxygens (including phenoxy) is 2. The lowest BCUT2D eigenvalue weighted by molar-refractivity contribution is -0.128. The van der Waals surface area contributed by atoms with E-state index in [9.17, 15) is 9.59 Å². The Morgan fingerprint density at radius 1 is 1.16 bits per heavy atom. The third-order valence-corrected chi connectivity index (χ3v) is 5.97. The number of H-pyrrole nitrogens is 1. The first-order valence-electron chi connectivity index (χ1n) is 10.6. The monoisotopic (exact) mass is 419 g/mol. The molecule has 2 N–H and O–H groups in total. The number of carbonyl (C=O) groups is 2. The molecule has 1 fully saturated rings. The fourth-order valence-electron chi connectivity index (χ4n) is 4.28. The van der Waals surface area contributed by atoms with Gasteiger partial charge in [-0.3, -0.25) is 9.59 Å². The Bertz CT molecular complexity index is 1150. The first-order chi connectivity index (χ1) is 15.1. The molecule has 0 radical (unpaired) electrons. The van der Waals surface area contributed by atoms with Crippen LogP contribution in [0.4, 0.5) is 5.69 Å². The lowest BCUT2D eigenvalue weighted by Crippen LogP contribution is -2.30. The number of aryl methyl sites for hydroxylation is 1. The van der Waals surface area contributed by atoms with E-state index in [0.29, 0.717) is 43.5 Å². The molecule has 3 heterocycles. The summed E-state index contributed by atoms with van der Waals surface area (Å²) in [6.07, 6.45) is 3.01. The van der Waals surface area contributed by atoms with Gasteiger partial charge in [0.1, 0.15) is 13.2 Å². The molecule has 31 heavy (non-hydrogen) atoms. The first-order valence-corrected chi connectivity index (χ1v) is 10.6. The number of fused-ring (bicyclic) bond motifs is 2. The quantitative estimate of drug-likeness (QED) is 0.665. The van der Waals surface area contributed by atoms with Crippen LogP contribution in [0.3, 0.4) is 0 Å². The number of carbonyl (C=O) groups excluding carboxylic acids is 2. The highest BCUT2D eigenvalue weighted by Crippen LogP contribution is 2.33. The second kappa shape index (κ2) is 7.98. The molecule has 2 aliphatic rings. The summed E-state index contributed by atoms with van der Waals surface area (Å²) in [5, 5.41) is 4.11. The predicted octanol–water partition coefficient (Wildman–Crippen LogP) is 3.28. The van der Waals surface area contributed by atoms with Crippen molar-refractivity contribution in [1.82, 2.24) is 9.88 Å². The average molecular weight is 419 g/mol. The molecular weight excluding hydrogens is 394 g/mol. The van der Waals surface area contributed by atoms with E-state index < -0.39 is 0 Å². The lowest BCUT2D eigenvalue weighted by atomic mass is 10.1. The summed E-state index contributed by atoms with van der Waals surface area (Å²) in [4.78, 5) is 30.3. The molecule has 1 atom stereocenters. The van der Waals surface area contributed by atoms with Gasteiger partial charge in [0, 0.05) is 48.4 Å². The molecule has 2 aliphatic heterocycles. The van der Waals surface area contributed by atoms with Crippen LogP contribution in [0.5, 0.6) is 11.5 Å². The molecule has 1 saturated heterocycles. The van der Waals surface area contributed by atoms with Gasteiger partial charge < -0.3 is 24.7 Å². The Labute approximate surface area is 180 Å². The van der Waals surface area contributed by atoms with Crippen molar-refractivity contribution in [3.8, 4) is 11.5 Å². The normalized spacial score (nSPS) is 17.9. The topological polar surface area (TPSA) is 83.7 Å². The Hall–Kier alpha value is -3.48. The second-order valence-electron chi connectivity index (χ2n) is 8.20. The van der Waals surface area contributed by atoms with Crippen LogP contribution in [0.2, 0.25) is 0 Å². The van der Waals surface area contributed by atoms with Gasteiger partial charge in [-0.1, -0.05) is 11.6 Å². The van der Waals surface area contributed by atoms with Gasteiger partial charge in [-0.05, 0) is 43.2 Å². The van der Waals surface area contributed by atoms with Gasteiger partial charge in [-0.25, -0.2) is 0 Å². The van der Waals surface area contributed by atoms with Crippen LogP contribution in [-0.2, 0) is 16.0 Å². The number of aromatic nitrogens is 1. The molecule has 0 unspecified atom stereocenters. The van der Waals surface area contributed by atoms with Crippen molar-refractivity contribution < 1.29 is 19.1 Å². The highest BCUT2D eigenvalue weighted by molar-refractivity contribution is 5.97. The molecule has 0 bridgehead atoms. The van der Waals surface area contributed by atoms with Crippen LogP contribution in [0.25, 0.3) is 10.9 Å². The van der Waals surface area contributed by atoms with E-state index in [1.165, 1.54) is 16.5 Å². The number of amides is 2. The third kappa shape index (κ3) is 3.95. The maximum absolute atomic E-state index is 12.8. The molecule has 2 amide bonds. The average Bonchev–Trinajstić information content (AvgIpc) is 3.35. The highest BCUT2D eigenvalue weighted by atomic mass is 16.6. The standard InChI is InChI=1S/C24H25N3O4/c1-15-2-4-20-19(10-15)16(13-25-20)6-7-27-14-17(11-23(27)28)24(29)26-18-3-5-21-22(12-18)31-9-8-30-21/h2-5,10,12-13,17,25H,6-9,11,14H2,1H3,(H,26,29)/t17-/m0/s1. The number of nitrogens with one attached hydrogen (secondary N) is 2. The SMILES string of the molecule is Cc1ccc2[nH]cc(CCN3C[C@@H](C(=O)Nc4ccc5c(c4)OCCO5)CC3=O)c2c1. The zero-order chi connectivity index (χ0) is 21.4.